The van der Waals surface area contributed by atoms with Gasteiger partial charge in [0.05, 0.1) is 0 Å². The van der Waals surface area contributed by atoms with Crippen molar-refractivity contribution in [3.05, 3.63) is 0 Å². The lowest BCUT2D eigenvalue weighted by atomic mass is 9.94. The van der Waals surface area contributed by atoms with E-state index in [0.717, 1.165) is 12.8 Å². The van der Waals surface area contributed by atoms with Crippen LogP contribution in [-0.2, 0) is 0 Å². The summed E-state index contributed by atoms with van der Waals surface area (Å²) in [5.41, 5.74) is -1.69. The molecular weight excluding hydrogens is 167 g/mol. The number of hydrogen-bond acceptors (Lipinski definition) is 1. The van der Waals surface area contributed by atoms with Gasteiger partial charge in [0.15, 0.2) is 0 Å². The molecule has 0 spiro atoms. The van der Waals surface area contributed by atoms with Crippen LogP contribution >= 0.6 is 0 Å². The van der Waals surface area contributed by atoms with Crippen LogP contribution in [0.15, 0.2) is 0 Å². The Hall–Kier alpha value is -0.250. The van der Waals surface area contributed by atoms with Crippen molar-refractivity contribution in [2.75, 3.05) is 7.05 Å². The number of rotatable bonds is 3. The van der Waals surface area contributed by atoms with Crippen LogP contribution in [0, 0.1) is 5.92 Å². The molecule has 0 bridgehead atoms. The van der Waals surface area contributed by atoms with Crippen molar-refractivity contribution >= 4 is 0 Å². The van der Waals surface area contributed by atoms with E-state index in [-0.39, 0.29) is 12.3 Å². The lowest BCUT2D eigenvalue weighted by Gasteiger charge is -2.31. The third-order valence-electron chi connectivity index (χ3n) is 2.57. The summed E-state index contributed by atoms with van der Waals surface area (Å²) in [5.74, 6) is 0.282. The molecule has 1 aliphatic rings. The smallest absolute Gasteiger partial charge is 0.307 e. The summed E-state index contributed by atoms with van der Waals surface area (Å²) < 4.78 is 37.3. The highest BCUT2D eigenvalue weighted by molar-refractivity contribution is 4.94. The van der Waals surface area contributed by atoms with E-state index in [2.05, 4.69) is 5.32 Å². The lowest BCUT2D eigenvalue weighted by molar-refractivity contribution is -0.193. The van der Waals surface area contributed by atoms with Crippen molar-refractivity contribution in [2.45, 2.75) is 37.9 Å². The topological polar surface area (TPSA) is 12.0 Å². The van der Waals surface area contributed by atoms with Gasteiger partial charge >= 0.3 is 6.18 Å². The summed E-state index contributed by atoms with van der Waals surface area (Å²) in [6.07, 6.45) is -2.02. The Labute approximate surface area is 70.3 Å². The monoisotopic (exact) mass is 181 g/mol. The zero-order valence-electron chi connectivity index (χ0n) is 7.33. The van der Waals surface area contributed by atoms with Crippen LogP contribution in [0.25, 0.3) is 0 Å². The third-order valence-corrected chi connectivity index (χ3v) is 2.57. The summed E-state index contributed by atoms with van der Waals surface area (Å²) >= 11 is 0. The predicted octanol–water partition coefficient (Wildman–Crippen LogP) is 2.33. The molecule has 0 heterocycles. The van der Waals surface area contributed by atoms with Crippen LogP contribution in [0.2, 0.25) is 0 Å². The van der Waals surface area contributed by atoms with Crippen molar-refractivity contribution in [3.63, 3.8) is 0 Å². The van der Waals surface area contributed by atoms with Gasteiger partial charge in [0.1, 0.15) is 5.54 Å². The van der Waals surface area contributed by atoms with Gasteiger partial charge in [-0.15, -0.1) is 0 Å². The second-order valence-electron chi connectivity index (χ2n) is 3.73. The van der Waals surface area contributed by atoms with E-state index >= 15 is 0 Å². The van der Waals surface area contributed by atoms with Crippen molar-refractivity contribution < 1.29 is 13.2 Å². The molecule has 0 saturated heterocycles. The number of nitrogens with one attached hydrogen (secondary N) is 1. The fourth-order valence-electron chi connectivity index (χ4n) is 1.26. The van der Waals surface area contributed by atoms with Gasteiger partial charge in [-0.2, -0.15) is 13.2 Å². The first-order valence-electron chi connectivity index (χ1n) is 4.15. The molecule has 1 fully saturated rings. The molecule has 12 heavy (non-hydrogen) atoms. The first-order chi connectivity index (χ1) is 5.39. The highest BCUT2D eigenvalue weighted by atomic mass is 19.4. The molecule has 0 aliphatic heterocycles. The first-order valence-corrected chi connectivity index (χ1v) is 4.15. The summed E-state index contributed by atoms with van der Waals surface area (Å²) in [6, 6.07) is 0. The maximum absolute atomic E-state index is 12.4. The SMILES string of the molecule is CNC(C)(CC1CC1)C(F)(F)F. The summed E-state index contributed by atoms with van der Waals surface area (Å²) in [6.45, 7) is 1.23. The second-order valence-corrected chi connectivity index (χ2v) is 3.73. The molecule has 1 aliphatic carbocycles. The number of hydrogen-bond donors (Lipinski definition) is 1. The van der Waals surface area contributed by atoms with E-state index in [1.807, 2.05) is 0 Å². The number of halogens is 3. The van der Waals surface area contributed by atoms with E-state index < -0.39 is 11.7 Å². The van der Waals surface area contributed by atoms with Crippen molar-refractivity contribution in [2.24, 2.45) is 5.92 Å². The van der Waals surface area contributed by atoms with Gasteiger partial charge in [-0.25, -0.2) is 0 Å². The Bertz CT molecular complexity index is 162. The molecule has 0 aromatic carbocycles. The maximum Gasteiger partial charge on any atom is 0.406 e. The minimum atomic E-state index is -4.13. The van der Waals surface area contributed by atoms with Crippen LogP contribution in [0.4, 0.5) is 13.2 Å². The second kappa shape index (κ2) is 2.91. The molecule has 1 saturated carbocycles. The zero-order valence-corrected chi connectivity index (χ0v) is 7.33. The molecule has 1 unspecified atom stereocenters. The summed E-state index contributed by atoms with van der Waals surface area (Å²) in [7, 11) is 1.37. The Morgan fingerprint density at radius 1 is 1.33 bits per heavy atom. The van der Waals surface area contributed by atoms with E-state index in [0.29, 0.717) is 0 Å². The fourth-order valence-corrected chi connectivity index (χ4v) is 1.26. The van der Waals surface area contributed by atoms with E-state index in [1.165, 1.54) is 14.0 Å². The lowest BCUT2D eigenvalue weighted by Crippen LogP contribution is -2.53. The van der Waals surface area contributed by atoms with Crippen molar-refractivity contribution in [3.8, 4) is 0 Å². The van der Waals surface area contributed by atoms with Crippen LogP contribution in [0.1, 0.15) is 26.2 Å². The largest absolute Gasteiger partial charge is 0.406 e. The molecule has 72 valence electrons. The molecule has 1 rings (SSSR count). The van der Waals surface area contributed by atoms with Gasteiger partial charge in [-0.3, -0.25) is 0 Å². The molecule has 1 nitrogen and oxygen atoms in total. The van der Waals surface area contributed by atoms with Gasteiger partial charge in [0.25, 0.3) is 0 Å². The summed E-state index contributed by atoms with van der Waals surface area (Å²) in [4.78, 5) is 0. The molecular formula is C8H14F3N. The Kier molecular flexibility index (Phi) is 2.38. The minimum absolute atomic E-state index is 0.215. The fraction of sp³-hybridized carbons (Fsp3) is 1.00. The van der Waals surface area contributed by atoms with Gasteiger partial charge < -0.3 is 5.32 Å². The maximum atomic E-state index is 12.4. The van der Waals surface area contributed by atoms with Crippen LogP contribution in [0.3, 0.4) is 0 Å². The van der Waals surface area contributed by atoms with Crippen molar-refractivity contribution in [1.82, 2.24) is 5.32 Å². The van der Waals surface area contributed by atoms with Gasteiger partial charge in [0, 0.05) is 0 Å². The molecule has 0 aromatic heterocycles. The molecule has 0 radical (unpaired) electrons. The average molecular weight is 181 g/mol. The highest BCUT2D eigenvalue weighted by Gasteiger charge is 2.52. The standard InChI is InChI=1S/C8H14F3N/c1-7(12-2,8(9,10)11)5-6-3-4-6/h6,12H,3-5H2,1-2H3. The Balaban J connectivity index is 2.59. The van der Waals surface area contributed by atoms with E-state index in [9.17, 15) is 13.2 Å². The molecule has 1 atom stereocenters. The van der Waals surface area contributed by atoms with Crippen LogP contribution in [0.5, 0.6) is 0 Å². The molecule has 1 N–H and O–H groups in total. The minimum Gasteiger partial charge on any atom is -0.307 e. The molecule has 4 heteroatoms. The van der Waals surface area contributed by atoms with E-state index in [1.54, 1.807) is 0 Å². The Morgan fingerprint density at radius 2 is 1.83 bits per heavy atom. The normalized spacial score (nSPS) is 23.8. The van der Waals surface area contributed by atoms with Gasteiger partial charge in [0.2, 0.25) is 0 Å². The predicted molar refractivity (Wildman–Crippen MR) is 40.9 cm³/mol. The van der Waals surface area contributed by atoms with Gasteiger partial charge in [-0.05, 0) is 26.3 Å². The van der Waals surface area contributed by atoms with Gasteiger partial charge in [-0.1, -0.05) is 12.8 Å². The van der Waals surface area contributed by atoms with E-state index in [4.69, 9.17) is 0 Å². The quantitative estimate of drug-likeness (QED) is 0.704. The zero-order chi connectivity index (χ0) is 9.41. The molecule has 0 aromatic rings. The number of alkyl halides is 3. The highest BCUT2D eigenvalue weighted by Crippen LogP contribution is 2.42. The summed E-state index contributed by atoms with van der Waals surface area (Å²) in [5, 5.41) is 2.36. The average Bonchev–Trinajstić information content (AvgIpc) is 2.69. The van der Waals surface area contributed by atoms with Crippen molar-refractivity contribution in [1.29, 1.82) is 0 Å². The Morgan fingerprint density at radius 3 is 2.08 bits per heavy atom. The third kappa shape index (κ3) is 1.91. The molecule has 0 amide bonds. The first kappa shape index (κ1) is 9.84. The van der Waals surface area contributed by atoms with Crippen LogP contribution in [-0.4, -0.2) is 18.8 Å². The van der Waals surface area contributed by atoms with Crippen LogP contribution < -0.4 is 5.32 Å².